The minimum atomic E-state index is -2.97. The summed E-state index contributed by atoms with van der Waals surface area (Å²) in [5, 5.41) is 2.89. The van der Waals surface area contributed by atoms with Crippen LogP contribution < -0.4 is 5.32 Å². The Morgan fingerprint density at radius 3 is 2.50 bits per heavy atom. The zero-order valence-electron chi connectivity index (χ0n) is 13.1. The van der Waals surface area contributed by atoms with E-state index in [4.69, 9.17) is 0 Å². The van der Waals surface area contributed by atoms with Gasteiger partial charge in [0.1, 0.15) is 0 Å². The van der Waals surface area contributed by atoms with Crippen LogP contribution in [0.5, 0.6) is 0 Å². The first-order valence-corrected chi connectivity index (χ1v) is 9.18. The van der Waals surface area contributed by atoms with Crippen molar-refractivity contribution in [2.24, 2.45) is 5.41 Å². The standard InChI is InChI=1S/C14H28N2O3S/c1-12-11-20(18,19)10-9-16(12)13(17)15-8-6-5-7-14(2,3)4/h12H,5-11H2,1-4H3,(H,15,17)/t12-/m0/s1. The first-order valence-electron chi connectivity index (χ1n) is 7.36. The van der Waals surface area contributed by atoms with Gasteiger partial charge >= 0.3 is 6.03 Å². The molecule has 0 spiro atoms. The van der Waals surface area contributed by atoms with E-state index in [-0.39, 0.29) is 23.6 Å². The third-order valence-electron chi connectivity index (χ3n) is 3.56. The Morgan fingerprint density at radius 2 is 1.95 bits per heavy atom. The van der Waals surface area contributed by atoms with Crippen LogP contribution >= 0.6 is 0 Å². The van der Waals surface area contributed by atoms with Crippen molar-refractivity contribution in [1.82, 2.24) is 10.2 Å². The second kappa shape index (κ2) is 6.78. The molecule has 0 aromatic rings. The van der Waals surface area contributed by atoms with Gasteiger partial charge in [-0.2, -0.15) is 0 Å². The van der Waals surface area contributed by atoms with E-state index < -0.39 is 9.84 Å². The molecule has 0 unspecified atom stereocenters. The van der Waals surface area contributed by atoms with E-state index in [0.29, 0.717) is 18.5 Å². The summed E-state index contributed by atoms with van der Waals surface area (Å²) in [6.07, 6.45) is 3.19. The summed E-state index contributed by atoms with van der Waals surface area (Å²) >= 11 is 0. The molecule has 0 saturated carbocycles. The van der Waals surface area contributed by atoms with E-state index in [1.165, 1.54) is 0 Å². The van der Waals surface area contributed by atoms with E-state index in [1.807, 2.05) is 0 Å². The van der Waals surface area contributed by atoms with Crippen molar-refractivity contribution in [2.45, 2.75) is 53.0 Å². The fourth-order valence-corrected chi connectivity index (χ4v) is 3.93. The van der Waals surface area contributed by atoms with Gasteiger partial charge in [-0.1, -0.05) is 27.2 Å². The number of amides is 2. The summed E-state index contributed by atoms with van der Waals surface area (Å²) in [6.45, 7) is 9.38. The topological polar surface area (TPSA) is 66.5 Å². The van der Waals surface area contributed by atoms with Crippen molar-refractivity contribution in [1.29, 1.82) is 0 Å². The predicted octanol–water partition coefficient (Wildman–Crippen LogP) is 2.03. The molecule has 6 heteroatoms. The Kier molecular flexibility index (Phi) is 5.86. The molecule has 1 aliphatic heterocycles. The molecular formula is C14H28N2O3S. The normalized spacial score (nSPS) is 22.6. The van der Waals surface area contributed by atoms with Gasteiger partial charge in [0.2, 0.25) is 0 Å². The molecule has 1 rings (SSSR count). The molecule has 1 aliphatic rings. The molecule has 0 aromatic heterocycles. The van der Waals surface area contributed by atoms with Crippen LogP contribution in [0.4, 0.5) is 4.79 Å². The summed E-state index contributed by atoms with van der Waals surface area (Å²) in [7, 11) is -2.97. The lowest BCUT2D eigenvalue weighted by Crippen LogP contribution is -2.53. The lowest BCUT2D eigenvalue weighted by Gasteiger charge is -2.33. The first-order chi connectivity index (χ1) is 9.11. The van der Waals surface area contributed by atoms with Crippen LogP contribution in [0.25, 0.3) is 0 Å². The molecule has 0 aliphatic carbocycles. The molecule has 2 amide bonds. The highest BCUT2D eigenvalue weighted by Gasteiger charge is 2.30. The Bertz CT molecular complexity index is 426. The van der Waals surface area contributed by atoms with E-state index in [1.54, 1.807) is 11.8 Å². The van der Waals surface area contributed by atoms with Gasteiger partial charge in [0, 0.05) is 19.1 Å². The van der Waals surface area contributed by atoms with Crippen LogP contribution in [0.3, 0.4) is 0 Å². The second-order valence-corrected chi connectivity index (χ2v) is 9.14. The lowest BCUT2D eigenvalue weighted by molar-refractivity contribution is 0.185. The fraction of sp³-hybridized carbons (Fsp3) is 0.929. The van der Waals surface area contributed by atoms with E-state index in [9.17, 15) is 13.2 Å². The molecule has 118 valence electrons. The van der Waals surface area contributed by atoms with E-state index in [2.05, 4.69) is 26.1 Å². The molecule has 1 N–H and O–H groups in total. The van der Waals surface area contributed by atoms with Gasteiger partial charge in [-0.05, 0) is 25.2 Å². The van der Waals surface area contributed by atoms with Crippen molar-refractivity contribution in [3.8, 4) is 0 Å². The minimum Gasteiger partial charge on any atom is -0.338 e. The van der Waals surface area contributed by atoms with Crippen molar-refractivity contribution in [3.05, 3.63) is 0 Å². The Hall–Kier alpha value is -0.780. The van der Waals surface area contributed by atoms with Gasteiger partial charge in [0.15, 0.2) is 9.84 Å². The number of nitrogens with zero attached hydrogens (tertiary/aromatic N) is 1. The Balaban J connectivity index is 2.27. The third-order valence-corrected chi connectivity index (χ3v) is 5.36. The average Bonchev–Trinajstić information content (AvgIpc) is 2.25. The summed E-state index contributed by atoms with van der Waals surface area (Å²) in [5.74, 6) is 0.152. The number of urea groups is 1. The highest BCUT2D eigenvalue weighted by Crippen LogP contribution is 2.21. The maximum atomic E-state index is 12.0. The number of sulfone groups is 1. The van der Waals surface area contributed by atoms with Gasteiger partial charge in [-0.25, -0.2) is 13.2 Å². The van der Waals surface area contributed by atoms with Crippen LogP contribution in [0.1, 0.15) is 47.0 Å². The van der Waals surface area contributed by atoms with Crippen molar-refractivity contribution in [3.63, 3.8) is 0 Å². The molecule has 1 saturated heterocycles. The van der Waals surface area contributed by atoms with Crippen LogP contribution in [0.15, 0.2) is 0 Å². The molecule has 1 fully saturated rings. The molecule has 20 heavy (non-hydrogen) atoms. The largest absolute Gasteiger partial charge is 0.338 e. The fourth-order valence-electron chi connectivity index (χ4n) is 2.38. The SMILES string of the molecule is C[C@H]1CS(=O)(=O)CCN1C(=O)NCCCCC(C)(C)C. The molecular weight excluding hydrogens is 276 g/mol. The van der Waals surface area contributed by atoms with Crippen LogP contribution in [-0.2, 0) is 9.84 Å². The number of carbonyl (C=O) groups excluding carboxylic acids is 1. The number of hydrogen-bond donors (Lipinski definition) is 1. The minimum absolute atomic E-state index is 0.0739. The lowest BCUT2D eigenvalue weighted by atomic mass is 9.90. The maximum Gasteiger partial charge on any atom is 0.317 e. The van der Waals surface area contributed by atoms with Gasteiger partial charge in [-0.3, -0.25) is 0 Å². The zero-order chi connectivity index (χ0) is 15.4. The zero-order valence-corrected chi connectivity index (χ0v) is 13.9. The van der Waals surface area contributed by atoms with Crippen molar-refractivity contribution in [2.75, 3.05) is 24.6 Å². The van der Waals surface area contributed by atoms with Gasteiger partial charge in [0.25, 0.3) is 0 Å². The molecule has 0 bridgehead atoms. The van der Waals surface area contributed by atoms with Crippen molar-refractivity contribution >= 4 is 15.9 Å². The molecule has 0 aromatic carbocycles. The molecule has 0 radical (unpaired) electrons. The highest BCUT2D eigenvalue weighted by atomic mass is 32.2. The summed E-state index contributed by atoms with van der Waals surface area (Å²) in [5.41, 5.74) is 0.333. The second-order valence-electron chi connectivity index (χ2n) is 6.91. The Labute approximate surface area is 123 Å². The van der Waals surface area contributed by atoms with Crippen LogP contribution in [0.2, 0.25) is 0 Å². The van der Waals surface area contributed by atoms with Gasteiger partial charge in [-0.15, -0.1) is 0 Å². The van der Waals surface area contributed by atoms with Gasteiger partial charge < -0.3 is 10.2 Å². The average molecular weight is 304 g/mol. The molecule has 5 nitrogen and oxygen atoms in total. The van der Waals surface area contributed by atoms with E-state index >= 15 is 0 Å². The monoisotopic (exact) mass is 304 g/mol. The third kappa shape index (κ3) is 6.11. The summed E-state index contributed by atoms with van der Waals surface area (Å²) < 4.78 is 22.9. The van der Waals surface area contributed by atoms with Crippen LogP contribution in [-0.4, -0.2) is 50.0 Å². The van der Waals surface area contributed by atoms with Crippen molar-refractivity contribution < 1.29 is 13.2 Å². The molecule has 1 heterocycles. The van der Waals surface area contributed by atoms with E-state index in [0.717, 1.165) is 19.3 Å². The number of rotatable bonds is 4. The van der Waals surface area contributed by atoms with Gasteiger partial charge in [0.05, 0.1) is 11.5 Å². The maximum absolute atomic E-state index is 12.0. The number of hydrogen-bond acceptors (Lipinski definition) is 3. The number of nitrogens with one attached hydrogen (secondary N) is 1. The van der Waals surface area contributed by atoms with Crippen LogP contribution in [0, 0.1) is 5.41 Å². The summed E-state index contributed by atoms with van der Waals surface area (Å²) in [4.78, 5) is 13.6. The predicted molar refractivity (Wildman–Crippen MR) is 81.5 cm³/mol. The number of carbonyl (C=O) groups is 1. The Morgan fingerprint density at radius 1 is 1.30 bits per heavy atom. The highest BCUT2D eigenvalue weighted by molar-refractivity contribution is 7.91. The summed E-state index contributed by atoms with van der Waals surface area (Å²) in [6, 6.07) is -0.369. The first kappa shape index (κ1) is 17.3. The molecule has 1 atom stereocenters. The smallest absolute Gasteiger partial charge is 0.317 e. The number of unbranched alkanes of at least 4 members (excludes halogenated alkanes) is 1. The quantitative estimate of drug-likeness (QED) is 0.808.